The number of carbonyl (C=O) groups excluding carboxylic acids is 1. The van der Waals surface area contributed by atoms with Crippen molar-refractivity contribution in [1.29, 1.82) is 0 Å². The van der Waals surface area contributed by atoms with Crippen LogP contribution in [0.5, 0.6) is 5.75 Å². The molecule has 1 heterocycles. The molecule has 8 heteroatoms. The van der Waals surface area contributed by atoms with E-state index >= 15 is 0 Å². The average molecular weight is 439 g/mol. The zero-order chi connectivity index (χ0) is 23.3. The summed E-state index contributed by atoms with van der Waals surface area (Å²) in [5, 5.41) is 10.1. The van der Waals surface area contributed by atoms with E-state index in [1.54, 1.807) is 49.6 Å². The van der Waals surface area contributed by atoms with Gasteiger partial charge in [0, 0.05) is 37.4 Å². The third-order valence-electron chi connectivity index (χ3n) is 5.69. The third-order valence-corrected chi connectivity index (χ3v) is 5.69. The first kappa shape index (κ1) is 23.0. The second kappa shape index (κ2) is 10.1. The lowest BCUT2D eigenvalue weighted by atomic mass is 9.88. The number of phenolic OH excluding ortho intramolecular Hbond substituents is 1. The van der Waals surface area contributed by atoms with E-state index in [2.05, 4.69) is 0 Å². The summed E-state index contributed by atoms with van der Waals surface area (Å²) in [4.78, 5) is 13.8. The van der Waals surface area contributed by atoms with Crippen LogP contribution in [0.3, 0.4) is 0 Å². The van der Waals surface area contributed by atoms with Gasteiger partial charge in [-0.2, -0.15) is 0 Å². The number of allylic oxidation sites excluding steroid dienone is 1. The van der Waals surface area contributed by atoms with Gasteiger partial charge in [-0.3, -0.25) is 0 Å². The van der Waals surface area contributed by atoms with Crippen LogP contribution in [-0.2, 0) is 9.47 Å². The zero-order valence-electron chi connectivity index (χ0n) is 18.3. The number of ether oxygens (including phenoxy) is 2. The summed E-state index contributed by atoms with van der Waals surface area (Å²) in [5.41, 5.74) is 21.3. The molecular weight excluding hydrogens is 408 g/mol. The molecule has 170 valence electrons. The van der Waals surface area contributed by atoms with E-state index in [1.165, 1.54) is 7.11 Å². The Morgan fingerprint density at radius 2 is 1.75 bits per heavy atom. The van der Waals surface area contributed by atoms with Crippen LogP contribution in [-0.4, -0.2) is 49.4 Å². The van der Waals surface area contributed by atoms with Gasteiger partial charge in [0.15, 0.2) is 0 Å². The van der Waals surface area contributed by atoms with Crippen molar-refractivity contribution in [3.8, 4) is 5.75 Å². The van der Waals surface area contributed by atoms with Crippen molar-refractivity contribution in [3.63, 3.8) is 0 Å². The number of piperidine rings is 1. The molecule has 0 bridgehead atoms. The molecule has 0 aliphatic carbocycles. The van der Waals surface area contributed by atoms with Crippen LogP contribution in [0, 0.1) is 0 Å². The first-order valence-electron chi connectivity index (χ1n) is 10.3. The normalized spacial score (nSPS) is 18.8. The number of likely N-dealkylation sites (tertiary alicyclic amines) is 1. The molecule has 1 aliphatic rings. The topological polar surface area (TPSA) is 137 Å². The van der Waals surface area contributed by atoms with E-state index in [1.807, 2.05) is 17.0 Å². The van der Waals surface area contributed by atoms with Crippen LogP contribution in [0.4, 0.5) is 0 Å². The molecule has 2 atom stereocenters. The lowest BCUT2D eigenvalue weighted by Gasteiger charge is -2.39. The Morgan fingerprint density at radius 3 is 2.34 bits per heavy atom. The largest absolute Gasteiger partial charge is 0.507 e. The van der Waals surface area contributed by atoms with E-state index < -0.39 is 0 Å². The molecule has 0 aromatic heterocycles. The van der Waals surface area contributed by atoms with E-state index in [0.29, 0.717) is 35.6 Å². The van der Waals surface area contributed by atoms with Crippen LogP contribution in [0.25, 0.3) is 5.70 Å². The molecule has 0 saturated carbocycles. The van der Waals surface area contributed by atoms with Gasteiger partial charge in [-0.1, -0.05) is 24.3 Å². The number of rotatable bonds is 6. The van der Waals surface area contributed by atoms with Gasteiger partial charge in [0.2, 0.25) is 0 Å². The quantitative estimate of drug-likeness (QED) is 0.397. The molecule has 2 aromatic rings. The van der Waals surface area contributed by atoms with Crippen molar-refractivity contribution in [1.82, 2.24) is 4.90 Å². The molecule has 32 heavy (non-hydrogen) atoms. The Morgan fingerprint density at radius 1 is 1.06 bits per heavy atom. The predicted molar refractivity (Wildman–Crippen MR) is 123 cm³/mol. The van der Waals surface area contributed by atoms with Crippen LogP contribution < -0.4 is 17.2 Å². The minimum atomic E-state index is -0.373. The second-order valence-corrected chi connectivity index (χ2v) is 7.77. The molecule has 0 amide bonds. The third kappa shape index (κ3) is 5.15. The molecular formula is C24H30N4O4. The Labute approximate surface area is 187 Å². The number of hydrogen-bond acceptors (Lipinski definition) is 8. The van der Waals surface area contributed by atoms with E-state index in [9.17, 15) is 9.90 Å². The Hall–Kier alpha value is -3.65. The fraction of sp³-hybridized carbons (Fsp3) is 0.292. The first-order chi connectivity index (χ1) is 15.3. The molecule has 7 N–H and O–H groups in total. The molecule has 1 fully saturated rings. The van der Waals surface area contributed by atoms with Crippen molar-refractivity contribution in [3.05, 3.63) is 82.8 Å². The zero-order valence-corrected chi connectivity index (χ0v) is 18.3. The van der Waals surface area contributed by atoms with Crippen molar-refractivity contribution >= 4 is 11.7 Å². The van der Waals surface area contributed by atoms with Gasteiger partial charge in [0.1, 0.15) is 11.6 Å². The highest BCUT2D eigenvalue weighted by Gasteiger charge is 2.30. The highest BCUT2D eigenvalue weighted by molar-refractivity contribution is 5.89. The number of carbonyl (C=O) groups is 1. The Balaban J connectivity index is 1.89. The minimum Gasteiger partial charge on any atom is -0.507 e. The molecule has 1 saturated heterocycles. The highest BCUT2D eigenvalue weighted by atomic mass is 16.5. The molecule has 3 rings (SSSR count). The number of para-hydroxylation sites is 1. The lowest BCUT2D eigenvalue weighted by Crippen LogP contribution is -2.43. The number of nitrogens with zero attached hydrogens (tertiary/aromatic N) is 1. The summed E-state index contributed by atoms with van der Waals surface area (Å²) in [5.74, 6) is -0.0509. The summed E-state index contributed by atoms with van der Waals surface area (Å²) in [7, 11) is 3.03. The molecule has 1 aliphatic heterocycles. The summed E-state index contributed by atoms with van der Waals surface area (Å²) < 4.78 is 10.5. The Bertz CT molecular complexity index is 1010. The van der Waals surface area contributed by atoms with Crippen molar-refractivity contribution in [2.45, 2.75) is 18.4 Å². The summed E-state index contributed by atoms with van der Waals surface area (Å²) in [6, 6.07) is 14.2. The number of hydrogen-bond donors (Lipinski definition) is 4. The number of benzene rings is 2. The van der Waals surface area contributed by atoms with Gasteiger partial charge in [0.05, 0.1) is 24.5 Å². The molecule has 2 aromatic carbocycles. The maximum absolute atomic E-state index is 11.7. The van der Waals surface area contributed by atoms with Crippen LogP contribution >= 0.6 is 0 Å². The number of aromatic hydroxyl groups is 1. The SMILES string of the molecule is COC(=O)c1ccc(C2CC(OC)CN(C(/C=C(\N)c3ccccc3O)=C(N)N)C2)cc1. The van der Waals surface area contributed by atoms with E-state index in [-0.39, 0.29) is 29.6 Å². The highest BCUT2D eigenvalue weighted by Crippen LogP contribution is 2.32. The molecule has 2 unspecified atom stereocenters. The van der Waals surface area contributed by atoms with Crippen molar-refractivity contribution < 1.29 is 19.4 Å². The number of nitrogens with two attached hydrogens (primary N) is 3. The fourth-order valence-corrected chi connectivity index (χ4v) is 3.97. The summed E-state index contributed by atoms with van der Waals surface area (Å²) in [6.45, 7) is 1.22. The maximum atomic E-state index is 11.7. The van der Waals surface area contributed by atoms with Crippen LogP contribution in [0.1, 0.15) is 33.8 Å². The number of phenols is 1. The van der Waals surface area contributed by atoms with E-state index in [0.717, 1.165) is 12.0 Å². The lowest BCUT2D eigenvalue weighted by molar-refractivity contribution is 0.0353. The van der Waals surface area contributed by atoms with E-state index in [4.69, 9.17) is 26.7 Å². The molecule has 0 radical (unpaired) electrons. The van der Waals surface area contributed by atoms with Gasteiger partial charge in [-0.05, 0) is 42.3 Å². The van der Waals surface area contributed by atoms with Crippen molar-refractivity contribution in [2.24, 2.45) is 17.2 Å². The van der Waals surface area contributed by atoms with Gasteiger partial charge < -0.3 is 36.7 Å². The summed E-state index contributed by atoms with van der Waals surface area (Å²) >= 11 is 0. The fourth-order valence-electron chi connectivity index (χ4n) is 3.97. The Kier molecular flexibility index (Phi) is 7.27. The molecule has 0 spiro atoms. The van der Waals surface area contributed by atoms with Crippen LogP contribution in [0.15, 0.2) is 66.1 Å². The van der Waals surface area contributed by atoms with Gasteiger partial charge in [0.25, 0.3) is 0 Å². The average Bonchev–Trinajstić information content (AvgIpc) is 2.81. The monoisotopic (exact) mass is 438 g/mol. The number of methoxy groups -OCH3 is 2. The molecule has 8 nitrogen and oxygen atoms in total. The minimum absolute atomic E-state index is 0.0527. The van der Waals surface area contributed by atoms with Gasteiger partial charge in [-0.15, -0.1) is 0 Å². The second-order valence-electron chi connectivity index (χ2n) is 7.77. The number of esters is 1. The smallest absolute Gasteiger partial charge is 0.337 e. The maximum Gasteiger partial charge on any atom is 0.337 e. The predicted octanol–water partition coefficient (Wildman–Crippen LogP) is 2.07. The van der Waals surface area contributed by atoms with Crippen molar-refractivity contribution in [2.75, 3.05) is 27.3 Å². The van der Waals surface area contributed by atoms with Gasteiger partial charge in [-0.25, -0.2) is 4.79 Å². The van der Waals surface area contributed by atoms with Crippen LogP contribution in [0.2, 0.25) is 0 Å². The first-order valence-corrected chi connectivity index (χ1v) is 10.3. The standard InChI is InChI=1S/C24H30N4O4/c1-31-18-11-17(15-7-9-16(10-8-15)24(30)32-2)13-28(14-18)21(23(26)27)12-20(25)19-5-3-4-6-22(19)29/h3-10,12,17-18,29H,11,13-14,25-27H2,1-2H3/b20-12-. The summed E-state index contributed by atoms with van der Waals surface area (Å²) in [6.07, 6.45) is 2.43. The van der Waals surface area contributed by atoms with Gasteiger partial charge >= 0.3 is 5.97 Å².